The average Bonchev–Trinajstić information content (AvgIpc) is 2.72. The molecule has 6 nitrogen and oxygen atoms in total. The Kier molecular flexibility index (Phi) is 3.18. The van der Waals surface area contributed by atoms with Crippen molar-refractivity contribution in [1.29, 1.82) is 0 Å². The number of carbonyl (C=O) groups is 1. The number of carboxylic acid groups (broad SMARTS) is 1. The minimum atomic E-state index is -1.08. The van der Waals surface area contributed by atoms with Gasteiger partial charge in [0.05, 0.1) is 19.9 Å². The first-order valence-corrected chi connectivity index (χ1v) is 5.30. The zero-order chi connectivity index (χ0) is 13.1. The second-order valence-electron chi connectivity index (χ2n) is 3.72. The molecule has 0 amide bonds. The molecule has 94 valence electrons. The van der Waals surface area contributed by atoms with Gasteiger partial charge in [0.25, 0.3) is 0 Å². The molecular weight excluding hydrogens is 234 g/mol. The molecule has 0 aliphatic rings. The summed E-state index contributed by atoms with van der Waals surface area (Å²) in [4.78, 5) is 10.9. The van der Waals surface area contributed by atoms with Gasteiger partial charge in [0.2, 0.25) is 0 Å². The normalized spacial score (nSPS) is 10.3. The molecule has 0 aliphatic heterocycles. The van der Waals surface area contributed by atoms with Crippen molar-refractivity contribution < 1.29 is 14.6 Å². The van der Waals surface area contributed by atoms with Crippen LogP contribution in [-0.2, 0) is 6.54 Å². The molecule has 6 heteroatoms. The van der Waals surface area contributed by atoms with Gasteiger partial charge in [-0.1, -0.05) is 18.2 Å². The van der Waals surface area contributed by atoms with Gasteiger partial charge in [-0.3, -0.25) is 0 Å². The summed E-state index contributed by atoms with van der Waals surface area (Å²) in [6.45, 7) is 0.364. The molecule has 2 aromatic rings. The lowest BCUT2D eigenvalue weighted by Gasteiger charge is -2.09. The van der Waals surface area contributed by atoms with Crippen molar-refractivity contribution in [3.63, 3.8) is 0 Å². The van der Waals surface area contributed by atoms with Crippen molar-refractivity contribution in [2.75, 3.05) is 12.8 Å². The number of hydrogen-bond acceptors (Lipinski definition) is 4. The van der Waals surface area contributed by atoms with Crippen LogP contribution in [0.2, 0.25) is 0 Å². The SMILES string of the molecule is COc1ccccc1Cn1ncc(C(=O)O)c1N. The molecule has 1 heterocycles. The van der Waals surface area contributed by atoms with Crippen LogP contribution in [-0.4, -0.2) is 28.0 Å². The van der Waals surface area contributed by atoms with Crippen LogP contribution < -0.4 is 10.5 Å². The maximum atomic E-state index is 10.9. The molecule has 0 bridgehead atoms. The lowest BCUT2D eigenvalue weighted by Crippen LogP contribution is -2.09. The van der Waals surface area contributed by atoms with E-state index in [0.29, 0.717) is 12.3 Å². The lowest BCUT2D eigenvalue weighted by atomic mass is 10.2. The Morgan fingerprint density at radius 1 is 1.50 bits per heavy atom. The van der Waals surface area contributed by atoms with E-state index in [-0.39, 0.29) is 11.4 Å². The zero-order valence-electron chi connectivity index (χ0n) is 9.83. The molecule has 0 spiro atoms. The Balaban J connectivity index is 2.32. The monoisotopic (exact) mass is 247 g/mol. The van der Waals surface area contributed by atoms with E-state index in [1.54, 1.807) is 7.11 Å². The summed E-state index contributed by atoms with van der Waals surface area (Å²) >= 11 is 0. The van der Waals surface area contributed by atoms with E-state index in [1.165, 1.54) is 10.9 Å². The summed E-state index contributed by atoms with van der Waals surface area (Å²) in [7, 11) is 1.58. The first-order valence-electron chi connectivity index (χ1n) is 5.30. The quantitative estimate of drug-likeness (QED) is 0.847. The molecule has 1 aromatic heterocycles. The first kappa shape index (κ1) is 12.0. The summed E-state index contributed by atoms with van der Waals surface area (Å²) in [5.74, 6) is -0.239. The molecule has 1 aromatic carbocycles. The van der Waals surface area contributed by atoms with E-state index in [2.05, 4.69) is 5.10 Å². The van der Waals surface area contributed by atoms with E-state index < -0.39 is 5.97 Å². The van der Waals surface area contributed by atoms with Gasteiger partial charge in [0, 0.05) is 5.56 Å². The number of methoxy groups -OCH3 is 1. The average molecular weight is 247 g/mol. The summed E-state index contributed by atoms with van der Waals surface area (Å²) < 4.78 is 6.65. The lowest BCUT2D eigenvalue weighted by molar-refractivity contribution is 0.0698. The van der Waals surface area contributed by atoms with E-state index in [0.717, 1.165) is 5.56 Å². The van der Waals surface area contributed by atoms with Gasteiger partial charge in [-0.15, -0.1) is 0 Å². The molecule has 2 rings (SSSR count). The molecule has 0 atom stereocenters. The first-order chi connectivity index (χ1) is 8.63. The van der Waals surface area contributed by atoms with Crippen LogP contribution >= 0.6 is 0 Å². The molecule has 0 radical (unpaired) electrons. The molecule has 3 N–H and O–H groups in total. The Bertz CT molecular complexity index is 578. The van der Waals surface area contributed by atoms with Gasteiger partial charge in [-0.05, 0) is 6.07 Å². The fourth-order valence-electron chi connectivity index (χ4n) is 1.68. The molecule has 0 unspecified atom stereocenters. The highest BCUT2D eigenvalue weighted by molar-refractivity contribution is 5.92. The van der Waals surface area contributed by atoms with Crippen LogP contribution in [0.5, 0.6) is 5.75 Å². The number of hydrogen-bond donors (Lipinski definition) is 2. The molecule has 0 fully saturated rings. The van der Waals surface area contributed by atoms with Gasteiger partial charge in [-0.25, -0.2) is 9.48 Å². The number of benzene rings is 1. The Labute approximate surface area is 104 Å². The summed E-state index contributed by atoms with van der Waals surface area (Å²) in [5, 5.41) is 12.9. The predicted octanol–water partition coefficient (Wildman–Crippen LogP) is 1.22. The van der Waals surface area contributed by atoms with E-state index in [9.17, 15) is 4.79 Å². The van der Waals surface area contributed by atoms with Gasteiger partial charge in [0.1, 0.15) is 17.1 Å². The molecule has 0 aliphatic carbocycles. The van der Waals surface area contributed by atoms with E-state index in [1.807, 2.05) is 24.3 Å². The largest absolute Gasteiger partial charge is 0.496 e. The summed E-state index contributed by atoms with van der Waals surface area (Å²) in [5.41, 5.74) is 6.61. The highest BCUT2D eigenvalue weighted by Crippen LogP contribution is 2.20. The van der Waals surface area contributed by atoms with Crippen LogP contribution in [0.25, 0.3) is 0 Å². The Morgan fingerprint density at radius 2 is 2.22 bits per heavy atom. The highest BCUT2D eigenvalue weighted by Gasteiger charge is 2.14. The minimum absolute atomic E-state index is 0.00454. The van der Waals surface area contributed by atoms with Crippen LogP contribution in [0.4, 0.5) is 5.82 Å². The summed E-state index contributed by atoms with van der Waals surface area (Å²) in [6.07, 6.45) is 1.24. The number of nitrogens with two attached hydrogens (primary N) is 1. The number of aromatic nitrogens is 2. The number of anilines is 1. The van der Waals surface area contributed by atoms with Gasteiger partial charge < -0.3 is 15.6 Å². The third-order valence-corrected chi connectivity index (χ3v) is 2.62. The minimum Gasteiger partial charge on any atom is -0.496 e. The summed E-state index contributed by atoms with van der Waals surface area (Å²) in [6, 6.07) is 7.43. The Hall–Kier alpha value is -2.50. The number of nitrogen functional groups attached to an aromatic ring is 1. The zero-order valence-corrected chi connectivity index (χ0v) is 9.83. The number of aromatic carboxylic acids is 1. The number of ether oxygens (including phenoxy) is 1. The number of carboxylic acids is 1. The van der Waals surface area contributed by atoms with Crippen LogP contribution in [0.15, 0.2) is 30.5 Å². The van der Waals surface area contributed by atoms with Crippen molar-refractivity contribution in [3.05, 3.63) is 41.6 Å². The van der Waals surface area contributed by atoms with E-state index in [4.69, 9.17) is 15.6 Å². The predicted molar refractivity (Wildman–Crippen MR) is 65.7 cm³/mol. The van der Waals surface area contributed by atoms with Gasteiger partial charge in [0.15, 0.2) is 0 Å². The van der Waals surface area contributed by atoms with Crippen LogP contribution in [0.3, 0.4) is 0 Å². The van der Waals surface area contributed by atoms with Crippen molar-refractivity contribution >= 4 is 11.8 Å². The van der Waals surface area contributed by atoms with Gasteiger partial charge >= 0.3 is 5.97 Å². The maximum Gasteiger partial charge on any atom is 0.341 e. The van der Waals surface area contributed by atoms with Crippen molar-refractivity contribution in [1.82, 2.24) is 9.78 Å². The molecule has 0 saturated carbocycles. The number of rotatable bonds is 4. The fourth-order valence-corrected chi connectivity index (χ4v) is 1.68. The van der Waals surface area contributed by atoms with Crippen molar-refractivity contribution in [2.45, 2.75) is 6.54 Å². The van der Waals surface area contributed by atoms with E-state index >= 15 is 0 Å². The van der Waals surface area contributed by atoms with Crippen LogP contribution in [0.1, 0.15) is 15.9 Å². The molecule has 18 heavy (non-hydrogen) atoms. The third kappa shape index (κ3) is 2.13. The Morgan fingerprint density at radius 3 is 2.83 bits per heavy atom. The maximum absolute atomic E-state index is 10.9. The number of para-hydroxylation sites is 1. The van der Waals surface area contributed by atoms with Crippen LogP contribution in [0, 0.1) is 0 Å². The van der Waals surface area contributed by atoms with Crippen molar-refractivity contribution in [3.8, 4) is 5.75 Å². The fraction of sp³-hybridized carbons (Fsp3) is 0.167. The second-order valence-corrected chi connectivity index (χ2v) is 3.72. The molecular formula is C12H13N3O3. The van der Waals surface area contributed by atoms with Crippen molar-refractivity contribution in [2.24, 2.45) is 0 Å². The standard InChI is InChI=1S/C12H13N3O3/c1-18-10-5-3-2-4-8(10)7-15-11(13)9(6-14-15)12(16)17/h2-6H,7,13H2,1H3,(H,16,17). The topological polar surface area (TPSA) is 90.4 Å². The smallest absolute Gasteiger partial charge is 0.341 e. The second kappa shape index (κ2) is 4.79. The third-order valence-electron chi connectivity index (χ3n) is 2.62. The van der Waals surface area contributed by atoms with Gasteiger partial charge in [-0.2, -0.15) is 5.10 Å². The molecule has 0 saturated heterocycles. The highest BCUT2D eigenvalue weighted by atomic mass is 16.5. The number of nitrogens with zero attached hydrogens (tertiary/aromatic N) is 2.